The van der Waals surface area contributed by atoms with Crippen LogP contribution in [0.3, 0.4) is 0 Å². The Balaban J connectivity index is 2.18. The zero-order chi connectivity index (χ0) is 13.3. The maximum atomic E-state index is 12.2. The quantitative estimate of drug-likeness (QED) is 0.866. The summed E-state index contributed by atoms with van der Waals surface area (Å²) in [4.78, 5) is 0.453. The average molecular weight is 273 g/mol. The molecule has 1 heterocycles. The van der Waals surface area contributed by atoms with Gasteiger partial charge in [-0.3, -0.25) is 0 Å². The molecule has 3 rings (SSSR count). The summed E-state index contributed by atoms with van der Waals surface area (Å²) in [6, 6.07) is 17.1. The van der Waals surface area contributed by atoms with Crippen molar-refractivity contribution < 1.29 is 8.42 Å². The SMILES string of the molecule is O=S1(=O)CCNC(c2ccccc2)c2ccccc21. The number of sulfone groups is 1. The van der Waals surface area contributed by atoms with Gasteiger partial charge in [-0.25, -0.2) is 8.42 Å². The van der Waals surface area contributed by atoms with Gasteiger partial charge in [0.2, 0.25) is 0 Å². The van der Waals surface area contributed by atoms with E-state index in [0.29, 0.717) is 11.4 Å². The fourth-order valence-corrected chi connectivity index (χ4v) is 3.94. The maximum Gasteiger partial charge on any atom is 0.179 e. The van der Waals surface area contributed by atoms with E-state index >= 15 is 0 Å². The van der Waals surface area contributed by atoms with Gasteiger partial charge < -0.3 is 5.32 Å². The van der Waals surface area contributed by atoms with Crippen LogP contribution >= 0.6 is 0 Å². The van der Waals surface area contributed by atoms with Gasteiger partial charge in [-0.15, -0.1) is 0 Å². The summed E-state index contributed by atoms with van der Waals surface area (Å²) in [5.74, 6) is 0.146. The lowest BCUT2D eigenvalue weighted by Gasteiger charge is -2.18. The fourth-order valence-electron chi connectivity index (χ4n) is 2.50. The average Bonchev–Trinajstić information content (AvgIpc) is 2.57. The smallest absolute Gasteiger partial charge is 0.179 e. The summed E-state index contributed by atoms with van der Waals surface area (Å²) in [5.41, 5.74) is 1.93. The first-order valence-corrected chi connectivity index (χ1v) is 7.94. The molecule has 0 bridgehead atoms. The maximum absolute atomic E-state index is 12.2. The second-order valence-corrected chi connectivity index (χ2v) is 6.73. The minimum Gasteiger partial charge on any atom is -0.305 e. The zero-order valence-corrected chi connectivity index (χ0v) is 11.2. The molecule has 1 N–H and O–H groups in total. The molecule has 1 atom stereocenters. The lowest BCUT2D eigenvalue weighted by Crippen LogP contribution is -2.23. The Morgan fingerprint density at radius 1 is 0.947 bits per heavy atom. The van der Waals surface area contributed by atoms with Crippen LogP contribution in [0.5, 0.6) is 0 Å². The standard InChI is InChI=1S/C15H15NO2S/c17-19(18)11-10-16-15(12-6-2-1-3-7-12)13-8-4-5-9-14(13)19/h1-9,15-16H,10-11H2. The molecule has 19 heavy (non-hydrogen) atoms. The van der Waals surface area contributed by atoms with Crippen LogP contribution in [0.25, 0.3) is 0 Å². The van der Waals surface area contributed by atoms with E-state index in [1.807, 2.05) is 42.5 Å². The van der Waals surface area contributed by atoms with E-state index in [0.717, 1.165) is 11.1 Å². The Kier molecular flexibility index (Phi) is 3.12. The number of fused-ring (bicyclic) bond motifs is 1. The van der Waals surface area contributed by atoms with Crippen LogP contribution < -0.4 is 5.32 Å². The van der Waals surface area contributed by atoms with Crippen molar-refractivity contribution in [2.24, 2.45) is 0 Å². The van der Waals surface area contributed by atoms with Gasteiger partial charge in [0.15, 0.2) is 9.84 Å². The molecule has 0 radical (unpaired) electrons. The molecule has 1 aliphatic heterocycles. The predicted molar refractivity (Wildman–Crippen MR) is 74.8 cm³/mol. The summed E-state index contributed by atoms with van der Waals surface area (Å²) in [5, 5.41) is 3.33. The highest BCUT2D eigenvalue weighted by atomic mass is 32.2. The van der Waals surface area contributed by atoms with E-state index in [1.165, 1.54) is 0 Å². The van der Waals surface area contributed by atoms with Crippen molar-refractivity contribution in [3.05, 3.63) is 65.7 Å². The molecule has 0 fully saturated rings. The summed E-state index contributed by atoms with van der Waals surface area (Å²) in [7, 11) is -3.18. The molecule has 0 aromatic heterocycles. The van der Waals surface area contributed by atoms with Crippen LogP contribution in [0.2, 0.25) is 0 Å². The van der Waals surface area contributed by atoms with Crippen LogP contribution in [0.1, 0.15) is 17.2 Å². The monoisotopic (exact) mass is 273 g/mol. The number of nitrogens with one attached hydrogen (secondary N) is 1. The summed E-state index contributed by atoms with van der Waals surface area (Å²) < 4.78 is 24.5. The lowest BCUT2D eigenvalue weighted by atomic mass is 9.99. The first kappa shape index (κ1) is 12.4. The van der Waals surface area contributed by atoms with Gasteiger partial charge in [0, 0.05) is 6.54 Å². The lowest BCUT2D eigenvalue weighted by molar-refractivity contribution is 0.594. The van der Waals surface area contributed by atoms with E-state index in [-0.39, 0.29) is 11.8 Å². The van der Waals surface area contributed by atoms with Crippen molar-refractivity contribution >= 4 is 9.84 Å². The van der Waals surface area contributed by atoms with Crippen molar-refractivity contribution in [3.63, 3.8) is 0 Å². The zero-order valence-electron chi connectivity index (χ0n) is 10.4. The Labute approximate surface area is 113 Å². The van der Waals surface area contributed by atoms with Gasteiger partial charge >= 0.3 is 0 Å². The molecular weight excluding hydrogens is 258 g/mol. The number of benzene rings is 2. The van der Waals surface area contributed by atoms with E-state index in [1.54, 1.807) is 12.1 Å². The first-order chi connectivity index (χ1) is 9.18. The summed E-state index contributed by atoms with van der Waals surface area (Å²) in [6.07, 6.45) is 0. The first-order valence-electron chi connectivity index (χ1n) is 6.28. The third kappa shape index (κ3) is 2.29. The van der Waals surface area contributed by atoms with E-state index in [4.69, 9.17) is 0 Å². The predicted octanol–water partition coefficient (Wildman–Crippen LogP) is 2.15. The number of rotatable bonds is 1. The van der Waals surface area contributed by atoms with Crippen molar-refractivity contribution in [2.75, 3.05) is 12.3 Å². The van der Waals surface area contributed by atoms with E-state index in [9.17, 15) is 8.42 Å². The van der Waals surface area contributed by atoms with Gasteiger partial charge in [0.05, 0.1) is 16.7 Å². The van der Waals surface area contributed by atoms with Gasteiger partial charge in [-0.1, -0.05) is 48.5 Å². The Bertz CT molecular complexity index is 680. The van der Waals surface area contributed by atoms with Crippen molar-refractivity contribution in [3.8, 4) is 0 Å². The van der Waals surface area contributed by atoms with Crippen LogP contribution in [0.4, 0.5) is 0 Å². The van der Waals surface area contributed by atoms with Gasteiger partial charge in [-0.2, -0.15) is 0 Å². The summed E-state index contributed by atoms with van der Waals surface area (Å²) in [6.45, 7) is 0.469. The fraction of sp³-hybridized carbons (Fsp3) is 0.200. The van der Waals surface area contributed by atoms with Crippen LogP contribution in [0.15, 0.2) is 59.5 Å². The second kappa shape index (κ2) is 4.79. The van der Waals surface area contributed by atoms with Crippen molar-refractivity contribution in [1.29, 1.82) is 0 Å². The van der Waals surface area contributed by atoms with Crippen LogP contribution in [-0.2, 0) is 9.84 Å². The van der Waals surface area contributed by atoms with Gasteiger partial charge in [0.25, 0.3) is 0 Å². The number of hydrogen-bond acceptors (Lipinski definition) is 3. The van der Waals surface area contributed by atoms with Gasteiger partial charge in [0.1, 0.15) is 0 Å². The van der Waals surface area contributed by atoms with Gasteiger partial charge in [-0.05, 0) is 17.2 Å². The largest absolute Gasteiger partial charge is 0.305 e. The van der Waals surface area contributed by atoms with E-state index < -0.39 is 9.84 Å². The number of hydrogen-bond donors (Lipinski definition) is 1. The Hall–Kier alpha value is -1.65. The molecular formula is C15H15NO2S. The molecule has 1 aliphatic rings. The highest BCUT2D eigenvalue weighted by Gasteiger charge is 2.27. The molecule has 0 saturated carbocycles. The van der Waals surface area contributed by atoms with Crippen molar-refractivity contribution in [2.45, 2.75) is 10.9 Å². The molecule has 2 aromatic rings. The minimum atomic E-state index is -3.18. The third-order valence-corrected chi connectivity index (χ3v) is 5.20. The molecule has 4 heteroatoms. The van der Waals surface area contributed by atoms with Crippen LogP contribution in [-0.4, -0.2) is 20.7 Å². The molecule has 98 valence electrons. The Morgan fingerprint density at radius 2 is 1.63 bits per heavy atom. The summed E-state index contributed by atoms with van der Waals surface area (Å²) >= 11 is 0. The highest BCUT2D eigenvalue weighted by Crippen LogP contribution is 2.30. The molecule has 0 amide bonds. The minimum absolute atomic E-state index is 0.0605. The van der Waals surface area contributed by atoms with Crippen LogP contribution in [0, 0.1) is 0 Å². The Morgan fingerprint density at radius 3 is 2.42 bits per heavy atom. The highest BCUT2D eigenvalue weighted by molar-refractivity contribution is 7.91. The molecule has 0 aliphatic carbocycles. The molecule has 3 nitrogen and oxygen atoms in total. The molecule has 0 spiro atoms. The second-order valence-electron chi connectivity index (χ2n) is 4.65. The molecule has 0 saturated heterocycles. The molecule has 2 aromatic carbocycles. The third-order valence-electron chi connectivity index (χ3n) is 3.42. The van der Waals surface area contributed by atoms with E-state index in [2.05, 4.69) is 5.32 Å². The normalized spacial score (nSPS) is 21.4. The molecule has 1 unspecified atom stereocenters. The van der Waals surface area contributed by atoms with Crippen molar-refractivity contribution in [1.82, 2.24) is 5.32 Å². The topological polar surface area (TPSA) is 46.2 Å².